The quantitative estimate of drug-likeness (QED) is 0.912. The Morgan fingerprint density at radius 3 is 2.42 bits per heavy atom. The molecule has 1 aromatic carbocycles. The summed E-state index contributed by atoms with van der Waals surface area (Å²) in [7, 11) is 3.94. The van der Waals surface area contributed by atoms with Gasteiger partial charge in [-0.25, -0.2) is 4.79 Å². The zero-order valence-electron chi connectivity index (χ0n) is 10.9. The molecule has 0 aliphatic carbocycles. The number of hydrogen-bond donors (Lipinski definition) is 1. The first kappa shape index (κ1) is 13.2. The minimum Gasteiger partial charge on any atom is -0.478 e. The number of carbonyl (C=O) groups is 1. The maximum atomic E-state index is 11.1. The van der Waals surface area contributed by atoms with E-state index in [0.29, 0.717) is 5.56 Å². The van der Waals surface area contributed by atoms with Crippen molar-refractivity contribution < 1.29 is 9.90 Å². The Morgan fingerprint density at radius 2 is 1.84 bits per heavy atom. The molecule has 1 unspecified atom stereocenters. The van der Waals surface area contributed by atoms with Gasteiger partial charge < -0.3 is 5.11 Å². The summed E-state index contributed by atoms with van der Waals surface area (Å²) in [5.74, 6) is -0.908. The van der Waals surface area contributed by atoms with E-state index < -0.39 is 5.97 Å². The molecule has 1 heterocycles. The SMILES string of the molecule is CN(C)C(c1ccncc1)c1cccc(C(=O)O)c1. The van der Waals surface area contributed by atoms with Gasteiger partial charge in [0.2, 0.25) is 0 Å². The summed E-state index contributed by atoms with van der Waals surface area (Å²) in [5.41, 5.74) is 2.34. The molecule has 0 radical (unpaired) electrons. The van der Waals surface area contributed by atoms with Crippen LogP contribution in [0.25, 0.3) is 0 Å². The fraction of sp³-hybridized carbons (Fsp3) is 0.200. The van der Waals surface area contributed by atoms with E-state index in [1.165, 1.54) is 0 Å². The van der Waals surface area contributed by atoms with E-state index in [2.05, 4.69) is 9.88 Å². The second-order valence-corrected chi connectivity index (χ2v) is 4.58. The summed E-state index contributed by atoms with van der Waals surface area (Å²) in [5, 5.41) is 9.08. The van der Waals surface area contributed by atoms with Gasteiger partial charge in [0.15, 0.2) is 0 Å². The highest BCUT2D eigenvalue weighted by Crippen LogP contribution is 2.26. The number of nitrogens with zero attached hydrogens (tertiary/aromatic N) is 2. The lowest BCUT2D eigenvalue weighted by Gasteiger charge is -2.25. The van der Waals surface area contributed by atoms with Gasteiger partial charge in [0.05, 0.1) is 11.6 Å². The lowest BCUT2D eigenvalue weighted by Crippen LogP contribution is -2.21. The van der Waals surface area contributed by atoms with Crippen LogP contribution in [0.3, 0.4) is 0 Å². The predicted molar refractivity (Wildman–Crippen MR) is 73.2 cm³/mol. The lowest BCUT2D eigenvalue weighted by molar-refractivity contribution is 0.0696. The highest BCUT2D eigenvalue weighted by Gasteiger charge is 2.17. The van der Waals surface area contributed by atoms with Crippen molar-refractivity contribution in [2.45, 2.75) is 6.04 Å². The van der Waals surface area contributed by atoms with E-state index in [1.54, 1.807) is 30.6 Å². The number of carboxylic acids is 1. The van der Waals surface area contributed by atoms with Gasteiger partial charge in [0.25, 0.3) is 0 Å². The standard InChI is InChI=1S/C15H16N2O2/c1-17(2)14(11-6-8-16-9-7-11)12-4-3-5-13(10-12)15(18)19/h3-10,14H,1-2H3,(H,18,19). The molecule has 0 aliphatic rings. The van der Waals surface area contributed by atoms with Crippen molar-refractivity contribution in [3.8, 4) is 0 Å². The molecule has 0 saturated carbocycles. The second-order valence-electron chi connectivity index (χ2n) is 4.58. The van der Waals surface area contributed by atoms with Gasteiger partial charge in [-0.1, -0.05) is 12.1 Å². The number of aromatic nitrogens is 1. The molecule has 1 N–H and O–H groups in total. The zero-order chi connectivity index (χ0) is 13.8. The number of aromatic carboxylic acids is 1. The molecular weight excluding hydrogens is 240 g/mol. The average Bonchev–Trinajstić information content (AvgIpc) is 2.40. The van der Waals surface area contributed by atoms with E-state index in [0.717, 1.165) is 11.1 Å². The Labute approximate surface area is 112 Å². The molecule has 2 aromatic rings. The Balaban J connectivity index is 2.46. The van der Waals surface area contributed by atoms with Crippen LogP contribution in [-0.4, -0.2) is 35.1 Å². The molecule has 0 saturated heterocycles. The van der Waals surface area contributed by atoms with Crippen molar-refractivity contribution in [3.63, 3.8) is 0 Å². The zero-order valence-corrected chi connectivity index (χ0v) is 10.9. The third kappa shape index (κ3) is 2.98. The molecule has 1 atom stereocenters. The van der Waals surface area contributed by atoms with Crippen LogP contribution in [0.2, 0.25) is 0 Å². The fourth-order valence-electron chi connectivity index (χ4n) is 2.18. The Kier molecular flexibility index (Phi) is 3.92. The predicted octanol–water partition coefficient (Wildman–Crippen LogP) is 2.43. The maximum Gasteiger partial charge on any atom is 0.335 e. The minimum atomic E-state index is -0.908. The van der Waals surface area contributed by atoms with Gasteiger partial charge in [-0.15, -0.1) is 0 Å². The van der Waals surface area contributed by atoms with Crippen molar-refractivity contribution in [1.82, 2.24) is 9.88 Å². The van der Waals surface area contributed by atoms with E-state index in [1.807, 2.05) is 32.3 Å². The number of carboxylic acid groups (broad SMARTS) is 1. The summed E-state index contributed by atoms with van der Waals surface area (Å²) in [6, 6.07) is 10.9. The average molecular weight is 256 g/mol. The molecule has 4 heteroatoms. The lowest BCUT2D eigenvalue weighted by atomic mass is 9.97. The molecule has 0 amide bonds. The third-order valence-electron chi connectivity index (χ3n) is 2.99. The molecule has 0 fully saturated rings. The summed E-state index contributed by atoms with van der Waals surface area (Å²) < 4.78 is 0. The number of hydrogen-bond acceptors (Lipinski definition) is 3. The Morgan fingerprint density at radius 1 is 1.16 bits per heavy atom. The highest BCUT2D eigenvalue weighted by molar-refractivity contribution is 5.87. The minimum absolute atomic E-state index is 0.0160. The smallest absolute Gasteiger partial charge is 0.335 e. The van der Waals surface area contributed by atoms with Crippen LogP contribution in [0.5, 0.6) is 0 Å². The van der Waals surface area contributed by atoms with Gasteiger partial charge in [-0.3, -0.25) is 9.88 Å². The first-order valence-electron chi connectivity index (χ1n) is 5.99. The van der Waals surface area contributed by atoms with Crippen LogP contribution in [0, 0.1) is 0 Å². The third-order valence-corrected chi connectivity index (χ3v) is 2.99. The molecule has 0 aliphatic heterocycles. The molecule has 0 spiro atoms. The van der Waals surface area contributed by atoms with Crippen LogP contribution in [0.15, 0.2) is 48.8 Å². The van der Waals surface area contributed by atoms with Crippen molar-refractivity contribution >= 4 is 5.97 Å². The maximum absolute atomic E-state index is 11.1. The van der Waals surface area contributed by atoms with Crippen LogP contribution in [0.4, 0.5) is 0 Å². The summed E-state index contributed by atoms with van der Waals surface area (Å²) in [4.78, 5) is 17.1. The summed E-state index contributed by atoms with van der Waals surface area (Å²) >= 11 is 0. The summed E-state index contributed by atoms with van der Waals surface area (Å²) in [6.07, 6.45) is 3.49. The molecule has 0 bridgehead atoms. The van der Waals surface area contributed by atoms with Crippen LogP contribution in [0.1, 0.15) is 27.5 Å². The highest BCUT2D eigenvalue weighted by atomic mass is 16.4. The Bertz CT molecular complexity index is 567. The molecule has 2 rings (SSSR count). The van der Waals surface area contributed by atoms with Gasteiger partial charge in [-0.2, -0.15) is 0 Å². The van der Waals surface area contributed by atoms with Crippen LogP contribution in [-0.2, 0) is 0 Å². The molecule has 98 valence electrons. The normalized spacial score (nSPS) is 12.4. The van der Waals surface area contributed by atoms with Crippen LogP contribution < -0.4 is 0 Å². The van der Waals surface area contributed by atoms with Crippen molar-refractivity contribution in [2.75, 3.05) is 14.1 Å². The van der Waals surface area contributed by atoms with Gasteiger partial charge in [-0.05, 0) is 49.5 Å². The Hall–Kier alpha value is -2.20. The first-order valence-corrected chi connectivity index (χ1v) is 5.99. The monoisotopic (exact) mass is 256 g/mol. The van der Waals surface area contributed by atoms with E-state index in [9.17, 15) is 4.79 Å². The van der Waals surface area contributed by atoms with Crippen molar-refractivity contribution in [2.24, 2.45) is 0 Å². The molecule has 4 nitrogen and oxygen atoms in total. The van der Waals surface area contributed by atoms with Gasteiger partial charge in [0.1, 0.15) is 0 Å². The van der Waals surface area contributed by atoms with E-state index >= 15 is 0 Å². The van der Waals surface area contributed by atoms with Crippen LogP contribution >= 0.6 is 0 Å². The summed E-state index contributed by atoms with van der Waals surface area (Å²) in [6.45, 7) is 0. The van der Waals surface area contributed by atoms with Crippen molar-refractivity contribution in [3.05, 3.63) is 65.5 Å². The molecule has 1 aromatic heterocycles. The topological polar surface area (TPSA) is 53.4 Å². The van der Waals surface area contributed by atoms with E-state index in [-0.39, 0.29) is 6.04 Å². The second kappa shape index (κ2) is 5.63. The largest absolute Gasteiger partial charge is 0.478 e. The number of pyridine rings is 1. The van der Waals surface area contributed by atoms with Gasteiger partial charge in [0, 0.05) is 12.4 Å². The molecule has 19 heavy (non-hydrogen) atoms. The van der Waals surface area contributed by atoms with Gasteiger partial charge >= 0.3 is 5.97 Å². The molecular formula is C15H16N2O2. The van der Waals surface area contributed by atoms with Crippen molar-refractivity contribution in [1.29, 1.82) is 0 Å². The van der Waals surface area contributed by atoms with E-state index in [4.69, 9.17) is 5.11 Å². The fourth-order valence-corrected chi connectivity index (χ4v) is 2.18. The number of rotatable bonds is 4. The number of benzene rings is 1. The first-order chi connectivity index (χ1) is 9.09.